The maximum absolute atomic E-state index is 12.1. The molecule has 0 heterocycles. The minimum Gasteiger partial charge on any atom is -0.398 e. The predicted molar refractivity (Wildman–Crippen MR) is 72.6 cm³/mol. The van der Waals surface area contributed by atoms with E-state index in [1.165, 1.54) is 0 Å². The monoisotopic (exact) mass is 256 g/mol. The molecule has 0 amide bonds. The minimum atomic E-state index is -3.42. The molecular formula is C12H20N2O2S. The third kappa shape index (κ3) is 2.72. The second kappa shape index (κ2) is 4.22. The normalized spacial score (nSPS) is 12.5. The molecule has 0 unspecified atom stereocenters. The van der Waals surface area contributed by atoms with Crippen LogP contribution in [0.1, 0.15) is 31.9 Å². The van der Waals surface area contributed by atoms with Crippen LogP contribution < -0.4 is 10.5 Å². The summed E-state index contributed by atoms with van der Waals surface area (Å²) in [6.07, 6.45) is 0. The molecule has 0 aliphatic rings. The van der Waals surface area contributed by atoms with Crippen molar-refractivity contribution < 1.29 is 8.42 Å². The lowest BCUT2D eigenvalue weighted by Crippen LogP contribution is -2.34. The summed E-state index contributed by atoms with van der Waals surface area (Å²) in [5, 5.41) is 0. The standard InChI is InChI=1S/C12H20N2O2S/c1-8-6-7-10(13)9(2)11(8)14-17(15,16)12(3,4)5/h6-7,14H,13H2,1-5H3. The van der Waals surface area contributed by atoms with Crippen LogP contribution in [0.5, 0.6) is 0 Å². The van der Waals surface area contributed by atoms with Gasteiger partial charge in [0.1, 0.15) is 0 Å². The zero-order valence-electron chi connectivity index (χ0n) is 11.0. The van der Waals surface area contributed by atoms with Crippen LogP contribution >= 0.6 is 0 Å². The predicted octanol–water partition coefficient (Wildman–Crippen LogP) is 2.43. The fourth-order valence-corrected chi connectivity index (χ4v) is 2.20. The Bertz CT molecular complexity index is 528. The summed E-state index contributed by atoms with van der Waals surface area (Å²) in [6.45, 7) is 8.64. The van der Waals surface area contributed by atoms with E-state index < -0.39 is 14.8 Å². The van der Waals surface area contributed by atoms with Crippen molar-refractivity contribution in [3.8, 4) is 0 Å². The van der Waals surface area contributed by atoms with Gasteiger partial charge in [0.2, 0.25) is 10.0 Å². The van der Waals surface area contributed by atoms with Crippen molar-refractivity contribution in [3.63, 3.8) is 0 Å². The van der Waals surface area contributed by atoms with Crippen LogP contribution in [0.2, 0.25) is 0 Å². The van der Waals surface area contributed by atoms with E-state index in [-0.39, 0.29) is 0 Å². The lowest BCUT2D eigenvalue weighted by atomic mass is 10.1. The van der Waals surface area contributed by atoms with Crippen molar-refractivity contribution in [1.82, 2.24) is 0 Å². The van der Waals surface area contributed by atoms with E-state index in [0.717, 1.165) is 11.1 Å². The summed E-state index contributed by atoms with van der Waals surface area (Å²) >= 11 is 0. The van der Waals surface area contributed by atoms with Crippen LogP contribution in [-0.4, -0.2) is 13.2 Å². The highest BCUT2D eigenvalue weighted by Gasteiger charge is 2.29. The molecular weight excluding hydrogens is 236 g/mol. The van der Waals surface area contributed by atoms with Crippen LogP contribution in [0.3, 0.4) is 0 Å². The first-order valence-corrected chi connectivity index (χ1v) is 6.92. The van der Waals surface area contributed by atoms with Crippen LogP contribution in [0.15, 0.2) is 12.1 Å². The molecule has 0 aliphatic heterocycles. The van der Waals surface area contributed by atoms with Gasteiger partial charge in [0.05, 0.1) is 10.4 Å². The number of rotatable bonds is 2. The molecule has 1 rings (SSSR count). The first-order valence-electron chi connectivity index (χ1n) is 5.44. The Hall–Kier alpha value is -1.23. The fraction of sp³-hybridized carbons (Fsp3) is 0.500. The van der Waals surface area contributed by atoms with Crippen molar-refractivity contribution in [2.45, 2.75) is 39.4 Å². The maximum Gasteiger partial charge on any atom is 0.237 e. The zero-order chi connectivity index (χ0) is 13.4. The van der Waals surface area contributed by atoms with E-state index in [4.69, 9.17) is 5.73 Å². The van der Waals surface area contributed by atoms with Gasteiger partial charge in [0.25, 0.3) is 0 Å². The first kappa shape index (κ1) is 13.8. The Balaban J connectivity index is 3.27. The van der Waals surface area contributed by atoms with Crippen LogP contribution in [0, 0.1) is 13.8 Å². The number of hydrogen-bond donors (Lipinski definition) is 2. The smallest absolute Gasteiger partial charge is 0.237 e. The molecule has 0 aliphatic carbocycles. The summed E-state index contributed by atoms with van der Waals surface area (Å²) in [4.78, 5) is 0. The second-order valence-electron chi connectivity index (χ2n) is 5.19. The lowest BCUT2D eigenvalue weighted by molar-refractivity contribution is 0.566. The van der Waals surface area contributed by atoms with E-state index in [1.807, 2.05) is 19.9 Å². The van der Waals surface area contributed by atoms with Gasteiger partial charge in [-0.1, -0.05) is 6.07 Å². The quantitative estimate of drug-likeness (QED) is 0.798. The summed E-state index contributed by atoms with van der Waals surface area (Å²) < 4.78 is 25.9. The number of sulfonamides is 1. The highest BCUT2D eigenvalue weighted by Crippen LogP contribution is 2.28. The van der Waals surface area contributed by atoms with Crippen LogP contribution in [0.25, 0.3) is 0 Å². The van der Waals surface area contributed by atoms with E-state index in [2.05, 4.69) is 4.72 Å². The fourth-order valence-electron chi connectivity index (χ4n) is 1.31. The SMILES string of the molecule is Cc1ccc(N)c(C)c1NS(=O)(=O)C(C)(C)C. The molecule has 17 heavy (non-hydrogen) atoms. The zero-order valence-corrected chi connectivity index (χ0v) is 11.8. The highest BCUT2D eigenvalue weighted by molar-refractivity contribution is 7.94. The molecule has 3 N–H and O–H groups in total. The topological polar surface area (TPSA) is 72.2 Å². The summed E-state index contributed by atoms with van der Waals surface area (Å²) in [7, 11) is -3.42. The van der Waals surface area contributed by atoms with Crippen molar-refractivity contribution in [1.29, 1.82) is 0 Å². The van der Waals surface area contributed by atoms with Crippen molar-refractivity contribution >= 4 is 21.4 Å². The Labute approximate surface area is 103 Å². The van der Waals surface area contributed by atoms with Gasteiger partial charge in [-0.3, -0.25) is 4.72 Å². The molecule has 0 radical (unpaired) electrons. The first-order chi connectivity index (χ1) is 7.56. The molecule has 0 saturated heterocycles. The van der Waals surface area contributed by atoms with Gasteiger partial charge in [-0.2, -0.15) is 0 Å². The highest BCUT2D eigenvalue weighted by atomic mass is 32.2. The third-order valence-corrected chi connectivity index (χ3v) is 4.84. The average molecular weight is 256 g/mol. The summed E-state index contributed by atoms with van der Waals surface area (Å²) in [5.74, 6) is 0. The van der Waals surface area contributed by atoms with Gasteiger partial charge >= 0.3 is 0 Å². The largest absolute Gasteiger partial charge is 0.398 e. The summed E-state index contributed by atoms with van der Waals surface area (Å²) in [5.41, 5.74) is 8.58. The van der Waals surface area contributed by atoms with Crippen molar-refractivity contribution in [2.24, 2.45) is 0 Å². The van der Waals surface area contributed by atoms with Gasteiger partial charge in [-0.05, 0) is 51.8 Å². The second-order valence-corrected chi connectivity index (χ2v) is 7.63. The molecule has 0 bridgehead atoms. The molecule has 0 aromatic heterocycles. The molecule has 1 aromatic rings. The molecule has 4 nitrogen and oxygen atoms in total. The Kier molecular flexibility index (Phi) is 3.43. The van der Waals surface area contributed by atoms with Crippen LogP contribution in [-0.2, 0) is 10.0 Å². The van der Waals surface area contributed by atoms with Gasteiger partial charge in [0, 0.05) is 5.69 Å². The number of nitrogens with one attached hydrogen (secondary N) is 1. The Morgan fingerprint density at radius 3 is 2.18 bits per heavy atom. The van der Waals surface area contributed by atoms with Gasteiger partial charge in [-0.25, -0.2) is 8.42 Å². The van der Waals surface area contributed by atoms with Gasteiger partial charge in [0.15, 0.2) is 0 Å². The summed E-state index contributed by atoms with van der Waals surface area (Å²) in [6, 6.07) is 3.59. The number of hydrogen-bond acceptors (Lipinski definition) is 3. The third-order valence-electron chi connectivity index (χ3n) is 2.76. The lowest BCUT2D eigenvalue weighted by Gasteiger charge is -2.22. The molecule has 0 atom stereocenters. The molecule has 0 spiro atoms. The number of aryl methyl sites for hydroxylation is 1. The number of anilines is 2. The molecule has 5 heteroatoms. The van der Waals surface area contributed by atoms with Gasteiger partial charge in [-0.15, -0.1) is 0 Å². The maximum atomic E-state index is 12.1. The van der Waals surface area contributed by atoms with Crippen molar-refractivity contribution in [2.75, 3.05) is 10.5 Å². The minimum absolute atomic E-state index is 0.583. The number of nitrogen functional groups attached to an aromatic ring is 1. The van der Waals surface area contributed by atoms with Crippen molar-refractivity contribution in [3.05, 3.63) is 23.3 Å². The molecule has 96 valence electrons. The average Bonchev–Trinajstić information content (AvgIpc) is 2.17. The van der Waals surface area contributed by atoms with E-state index in [0.29, 0.717) is 11.4 Å². The van der Waals surface area contributed by atoms with Gasteiger partial charge < -0.3 is 5.73 Å². The van der Waals surface area contributed by atoms with E-state index >= 15 is 0 Å². The number of nitrogens with two attached hydrogens (primary N) is 1. The Morgan fingerprint density at radius 1 is 1.18 bits per heavy atom. The number of benzene rings is 1. The molecule has 1 aromatic carbocycles. The van der Waals surface area contributed by atoms with E-state index in [9.17, 15) is 8.42 Å². The molecule has 0 fully saturated rings. The Morgan fingerprint density at radius 2 is 1.71 bits per heavy atom. The van der Waals surface area contributed by atoms with E-state index in [1.54, 1.807) is 26.8 Å². The van der Waals surface area contributed by atoms with Crippen LogP contribution in [0.4, 0.5) is 11.4 Å². The molecule has 0 saturated carbocycles.